The van der Waals surface area contributed by atoms with Gasteiger partial charge in [0.05, 0.1) is 4.87 Å². The van der Waals surface area contributed by atoms with Crippen LogP contribution in [0.3, 0.4) is 0 Å². The Kier molecular flexibility index (Phi) is 4.10. The van der Waals surface area contributed by atoms with Gasteiger partial charge < -0.3 is 4.90 Å². The van der Waals surface area contributed by atoms with E-state index in [1.165, 1.54) is 12.8 Å². The van der Waals surface area contributed by atoms with Gasteiger partial charge in [-0.15, -0.1) is 11.8 Å². The molecule has 15 heavy (non-hydrogen) atoms. The van der Waals surface area contributed by atoms with Gasteiger partial charge in [0.25, 0.3) is 0 Å². The molecule has 88 valence electrons. The van der Waals surface area contributed by atoms with Gasteiger partial charge in [0, 0.05) is 18.7 Å². The van der Waals surface area contributed by atoms with Gasteiger partial charge in [-0.3, -0.25) is 4.79 Å². The maximum absolute atomic E-state index is 11.7. The summed E-state index contributed by atoms with van der Waals surface area (Å²) in [7, 11) is 0. The lowest BCUT2D eigenvalue weighted by atomic mass is 9.96. The number of carbonyl (C=O) groups excluding carboxylic acids is 1. The first kappa shape index (κ1) is 12.9. The normalized spacial score (nSPS) is 26.7. The lowest BCUT2D eigenvalue weighted by Crippen LogP contribution is -2.47. The van der Waals surface area contributed by atoms with Gasteiger partial charge >= 0.3 is 0 Å². The summed E-state index contributed by atoms with van der Waals surface area (Å²) in [5.74, 6) is 1.93. The third-order valence-corrected chi connectivity index (χ3v) is 4.67. The number of rotatable bonds is 3. The summed E-state index contributed by atoms with van der Waals surface area (Å²) in [6.45, 7) is 10.5. The van der Waals surface area contributed by atoms with Crippen LogP contribution in [-0.2, 0) is 4.79 Å². The number of nitrogens with zero attached hydrogens (tertiary/aromatic N) is 1. The highest BCUT2D eigenvalue weighted by atomic mass is 32.2. The van der Waals surface area contributed by atoms with Crippen molar-refractivity contribution in [2.75, 3.05) is 5.75 Å². The fourth-order valence-electron chi connectivity index (χ4n) is 2.51. The van der Waals surface area contributed by atoms with Crippen LogP contribution in [0.1, 0.15) is 47.5 Å². The van der Waals surface area contributed by atoms with Gasteiger partial charge in [-0.2, -0.15) is 0 Å². The highest BCUT2D eigenvalue weighted by molar-refractivity contribution is 8.00. The first-order valence-corrected chi connectivity index (χ1v) is 6.82. The highest BCUT2D eigenvalue weighted by Crippen LogP contribution is 2.41. The highest BCUT2D eigenvalue weighted by Gasteiger charge is 2.43. The molecule has 0 spiro atoms. The Morgan fingerprint density at radius 2 is 2.20 bits per heavy atom. The van der Waals surface area contributed by atoms with E-state index in [-0.39, 0.29) is 10.8 Å². The molecule has 2 nitrogen and oxygen atoms in total. The van der Waals surface area contributed by atoms with Crippen LogP contribution < -0.4 is 0 Å². The maximum Gasteiger partial charge on any atom is 0.220 e. The second-order valence-electron chi connectivity index (χ2n) is 4.98. The van der Waals surface area contributed by atoms with Gasteiger partial charge in [0.15, 0.2) is 0 Å². The molecule has 1 aliphatic rings. The molecule has 1 aliphatic heterocycles. The molecule has 0 bridgehead atoms. The Balaban J connectivity index is 2.78. The van der Waals surface area contributed by atoms with E-state index in [2.05, 4.69) is 32.6 Å². The third kappa shape index (κ3) is 2.68. The van der Waals surface area contributed by atoms with E-state index in [0.717, 1.165) is 5.75 Å². The Bertz CT molecular complexity index is 240. The molecule has 3 heteroatoms. The molecule has 0 aromatic heterocycles. The van der Waals surface area contributed by atoms with Gasteiger partial charge in [0.2, 0.25) is 5.91 Å². The maximum atomic E-state index is 11.7. The fraction of sp³-hybridized carbons (Fsp3) is 0.917. The number of carbonyl (C=O) groups is 1. The van der Waals surface area contributed by atoms with E-state index in [4.69, 9.17) is 0 Å². The summed E-state index contributed by atoms with van der Waals surface area (Å²) in [5.41, 5.74) is 0. The van der Waals surface area contributed by atoms with Crippen LogP contribution in [0, 0.1) is 5.92 Å². The van der Waals surface area contributed by atoms with Crippen molar-refractivity contribution in [1.29, 1.82) is 0 Å². The number of hydrogen-bond donors (Lipinski definition) is 0. The average molecular weight is 229 g/mol. The number of amides is 1. The van der Waals surface area contributed by atoms with Crippen molar-refractivity contribution in [1.82, 2.24) is 4.90 Å². The monoisotopic (exact) mass is 229 g/mol. The summed E-state index contributed by atoms with van der Waals surface area (Å²) in [5, 5.41) is 0. The minimum absolute atomic E-state index is 0.0154. The van der Waals surface area contributed by atoms with Crippen molar-refractivity contribution in [3.8, 4) is 0 Å². The smallest absolute Gasteiger partial charge is 0.220 e. The minimum Gasteiger partial charge on any atom is -0.325 e. The van der Waals surface area contributed by atoms with Crippen LogP contribution in [0.15, 0.2) is 0 Å². The zero-order valence-electron chi connectivity index (χ0n) is 10.5. The predicted octanol–water partition coefficient (Wildman–Crippen LogP) is 3.12. The van der Waals surface area contributed by atoms with E-state index < -0.39 is 0 Å². The SMILES string of the molecule is CCCC(C)C1CSC(C)(C)N1C(C)=O. The predicted molar refractivity (Wildman–Crippen MR) is 66.9 cm³/mol. The van der Waals surface area contributed by atoms with Crippen molar-refractivity contribution < 1.29 is 4.79 Å². The van der Waals surface area contributed by atoms with E-state index in [1.807, 2.05) is 11.8 Å². The molecule has 0 aromatic rings. The lowest BCUT2D eigenvalue weighted by Gasteiger charge is -2.36. The van der Waals surface area contributed by atoms with Crippen molar-refractivity contribution in [2.24, 2.45) is 5.92 Å². The lowest BCUT2D eigenvalue weighted by molar-refractivity contribution is -0.134. The molecule has 0 aliphatic carbocycles. The van der Waals surface area contributed by atoms with Crippen LogP contribution in [0.4, 0.5) is 0 Å². The van der Waals surface area contributed by atoms with Gasteiger partial charge in [-0.1, -0.05) is 20.3 Å². The van der Waals surface area contributed by atoms with E-state index in [9.17, 15) is 4.79 Å². The molecule has 0 radical (unpaired) electrons. The van der Waals surface area contributed by atoms with E-state index in [0.29, 0.717) is 12.0 Å². The summed E-state index contributed by atoms with van der Waals surface area (Å²) < 4.78 is 0. The quantitative estimate of drug-likeness (QED) is 0.741. The van der Waals surface area contributed by atoms with Crippen LogP contribution in [0.25, 0.3) is 0 Å². The molecule has 1 amide bonds. The van der Waals surface area contributed by atoms with Crippen molar-refractivity contribution in [2.45, 2.75) is 58.4 Å². The molecule has 0 N–H and O–H groups in total. The summed E-state index contributed by atoms with van der Waals surface area (Å²) >= 11 is 1.90. The topological polar surface area (TPSA) is 20.3 Å². The second kappa shape index (κ2) is 4.77. The van der Waals surface area contributed by atoms with Crippen molar-refractivity contribution in [3.05, 3.63) is 0 Å². The molecule has 0 saturated carbocycles. The average Bonchev–Trinajstić information content (AvgIpc) is 2.41. The Hall–Kier alpha value is -0.180. The molecule has 2 atom stereocenters. The fourth-order valence-corrected chi connectivity index (χ4v) is 3.97. The third-order valence-electron chi connectivity index (χ3n) is 3.26. The Morgan fingerprint density at radius 3 is 2.67 bits per heavy atom. The molecule has 1 rings (SSSR count). The molecule has 0 aromatic carbocycles. The largest absolute Gasteiger partial charge is 0.325 e. The van der Waals surface area contributed by atoms with Gasteiger partial charge in [-0.05, 0) is 26.2 Å². The van der Waals surface area contributed by atoms with Crippen molar-refractivity contribution >= 4 is 17.7 Å². The summed E-state index contributed by atoms with van der Waals surface area (Å²) in [6, 6.07) is 0.433. The molecule has 1 fully saturated rings. The Labute approximate surface area is 97.8 Å². The van der Waals surface area contributed by atoms with Crippen molar-refractivity contribution in [3.63, 3.8) is 0 Å². The second-order valence-corrected chi connectivity index (χ2v) is 6.60. The van der Waals surface area contributed by atoms with Crippen LogP contribution in [-0.4, -0.2) is 27.5 Å². The van der Waals surface area contributed by atoms with Gasteiger partial charge in [0.1, 0.15) is 0 Å². The van der Waals surface area contributed by atoms with E-state index in [1.54, 1.807) is 6.92 Å². The minimum atomic E-state index is -0.0154. The van der Waals surface area contributed by atoms with Gasteiger partial charge in [-0.25, -0.2) is 0 Å². The standard InChI is InChI=1S/C12H23NOS/c1-6-7-9(2)11-8-15-12(4,5)13(11)10(3)14/h9,11H,6-8H2,1-5H3. The zero-order chi connectivity index (χ0) is 11.6. The summed E-state index contributed by atoms with van der Waals surface area (Å²) in [6.07, 6.45) is 2.42. The van der Waals surface area contributed by atoms with Crippen LogP contribution in [0.5, 0.6) is 0 Å². The molecule has 1 heterocycles. The molecular weight excluding hydrogens is 206 g/mol. The number of hydrogen-bond acceptors (Lipinski definition) is 2. The number of thioether (sulfide) groups is 1. The zero-order valence-corrected chi connectivity index (χ0v) is 11.4. The molecular formula is C12H23NOS. The molecule has 1 saturated heterocycles. The first-order chi connectivity index (χ1) is 6.90. The van der Waals surface area contributed by atoms with Crippen LogP contribution in [0.2, 0.25) is 0 Å². The first-order valence-electron chi connectivity index (χ1n) is 5.84. The Morgan fingerprint density at radius 1 is 1.60 bits per heavy atom. The van der Waals surface area contributed by atoms with Crippen LogP contribution >= 0.6 is 11.8 Å². The van der Waals surface area contributed by atoms with E-state index >= 15 is 0 Å². The summed E-state index contributed by atoms with van der Waals surface area (Å²) in [4.78, 5) is 13.8. The molecule has 2 unspecified atom stereocenters.